The van der Waals surface area contributed by atoms with E-state index in [2.05, 4.69) is 15.5 Å². The Hall–Kier alpha value is -3.46. The molecule has 9 heteroatoms. The lowest BCUT2D eigenvalue weighted by Crippen LogP contribution is -2.37. The van der Waals surface area contributed by atoms with E-state index >= 15 is 0 Å². The standard InChI is InChI=1S/C18H18N4O5/c23-17(19-13-5-7-14(8-6-13)22(25)26)18(24)20-15-3-1-2-4-16(15)21-9-11-27-12-10-21/h1-8H,9-12H2,(H,19,23)(H,20,24). The minimum atomic E-state index is -0.861. The molecule has 0 aliphatic carbocycles. The van der Waals surface area contributed by atoms with Gasteiger partial charge in [-0.05, 0) is 24.3 Å². The highest BCUT2D eigenvalue weighted by Gasteiger charge is 2.19. The fourth-order valence-corrected chi connectivity index (χ4v) is 2.69. The summed E-state index contributed by atoms with van der Waals surface area (Å²) in [5.41, 5.74) is 1.54. The average molecular weight is 370 g/mol. The Kier molecular flexibility index (Phi) is 5.62. The van der Waals surface area contributed by atoms with Gasteiger partial charge in [-0.25, -0.2) is 0 Å². The van der Waals surface area contributed by atoms with Crippen LogP contribution in [0.3, 0.4) is 0 Å². The minimum Gasteiger partial charge on any atom is -0.378 e. The second kappa shape index (κ2) is 8.28. The SMILES string of the molecule is O=C(Nc1ccc([N+](=O)[O-])cc1)C(=O)Nc1ccccc1N1CCOCC1. The molecule has 0 unspecified atom stereocenters. The number of morpholine rings is 1. The van der Waals surface area contributed by atoms with E-state index in [0.29, 0.717) is 37.7 Å². The van der Waals surface area contributed by atoms with Crippen molar-refractivity contribution in [2.45, 2.75) is 0 Å². The molecule has 1 aliphatic heterocycles. The summed E-state index contributed by atoms with van der Waals surface area (Å²) in [5.74, 6) is -1.69. The van der Waals surface area contributed by atoms with Gasteiger partial charge in [0.1, 0.15) is 0 Å². The number of non-ortho nitro benzene ring substituents is 1. The fraction of sp³-hybridized carbons (Fsp3) is 0.222. The van der Waals surface area contributed by atoms with Crippen molar-refractivity contribution in [3.63, 3.8) is 0 Å². The van der Waals surface area contributed by atoms with Crippen LogP contribution in [-0.4, -0.2) is 43.0 Å². The van der Waals surface area contributed by atoms with E-state index in [1.807, 2.05) is 12.1 Å². The normalized spacial score (nSPS) is 13.7. The molecule has 2 amide bonds. The molecule has 27 heavy (non-hydrogen) atoms. The van der Waals surface area contributed by atoms with Crippen LogP contribution >= 0.6 is 0 Å². The van der Waals surface area contributed by atoms with Crippen molar-refractivity contribution < 1.29 is 19.2 Å². The van der Waals surface area contributed by atoms with E-state index in [9.17, 15) is 19.7 Å². The number of nitro groups is 1. The zero-order valence-corrected chi connectivity index (χ0v) is 14.4. The highest BCUT2D eigenvalue weighted by atomic mass is 16.6. The van der Waals surface area contributed by atoms with Gasteiger partial charge in [0.2, 0.25) is 0 Å². The van der Waals surface area contributed by atoms with Gasteiger partial charge in [0.15, 0.2) is 0 Å². The Morgan fingerprint density at radius 3 is 2.26 bits per heavy atom. The zero-order valence-electron chi connectivity index (χ0n) is 14.4. The lowest BCUT2D eigenvalue weighted by molar-refractivity contribution is -0.384. The van der Waals surface area contributed by atoms with E-state index in [1.165, 1.54) is 24.3 Å². The maximum absolute atomic E-state index is 12.3. The number of carbonyl (C=O) groups is 2. The third-order valence-electron chi connectivity index (χ3n) is 4.05. The first-order valence-electron chi connectivity index (χ1n) is 8.33. The molecule has 2 N–H and O–H groups in total. The summed E-state index contributed by atoms with van der Waals surface area (Å²) in [6.07, 6.45) is 0. The second-order valence-electron chi connectivity index (χ2n) is 5.83. The van der Waals surface area contributed by atoms with Crippen LogP contribution in [0.25, 0.3) is 0 Å². The summed E-state index contributed by atoms with van der Waals surface area (Å²) in [6, 6.07) is 12.5. The number of ether oxygens (including phenoxy) is 1. The first-order valence-corrected chi connectivity index (χ1v) is 8.33. The fourth-order valence-electron chi connectivity index (χ4n) is 2.69. The van der Waals surface area contributed by atoms with Crippen molar-refractivity contribution in [1.82, 2.24) is 0 Å². The first-order chi connectivity index (χ1) is 13.0. The molecule has 9 nitrogen and oxygen atoms in total. The molecule has 0 saturated carbocycles. The number of nitrogens with one attached hydrogen (secondary N) is 2. The van der Waals surface area contributed by atoms with Crippen LogP contribution in [0.15, 0.2) is 48.5 Å². The summed E-state index contributed by atoms with van der Waals surface area (Å²) in [7, 11) is 0. The predicted octanol–water partition coefficient (Wildman–Crippen LogP) is 2.01. The molecule has 140 valence electrons. The van der Waals surface area contributed by atoms with Crippen LogP contribution in [0.5, 0.6) is 0 Å². The van der Waals surface area contributed by atoms with Gasteiger partial charge in [0.25, 0.3) is 5.69 Å². The molecule has 1 fully saturated rings. The van der Waals surface area contributed by atoms with Gasteiger partial charge in [-0.3, -0.25) is 19.7 Å². The number of benzene rings is 2. The Bertz CT molecular complexity index is 847. The summed E-state index contributed by atoms with van der Waals surface area (Å²) in [5, 5.41) is 15.7. The highest BCUT2D eigenvalue weighted by Crippen LogP contribution is 2.26. The number of nitro benzene ring substituents is 1. The first kappa shape index (κ1) is 18.3. The van der Waals surface area contributed by atoms with Crippen LogP contribution in [0.1, 0.15) is 0 Å². The maximum Gasteiger partial charge on any atom is 0.314 e. The van der Waals surface area contributed by atoms with Crippen LogP contribution in [0.4, 0.5) is 22.7 Å². The van der Waals surface area contributed by atoms with Crippen molar-refractivity contribution in [2.24, 2.45) is 0 Å². The number of hydrogen-bond donors (Lipinski definition) is 2. The molecule has 0 spiro atoms. The molecule has 0 atom stereocenters. The largest absolute Gasteiger partial charge is 0.378 e. The molecule has 1 saturated heterocycles. The van der Waals surface area contributed by atoms with Gasteiger partial charge >= 0.3 is 11.8 Å². The molecule has 2 aromatic rings. The van der Waals surface area contributed by atoms with E-state index in [1.54, 1.807) is 12.1 Å². The quantitative estimate of drug-likeness (QED) is 0.483. The third-order valence-corrected chi connectivity index (χ3v) is 4.05. The number of para-hydroxylation sites is 2. The molecule has 3 rings (SSSR count). The van der Waals surface area contributed by atoms with Gasteiger partial charge in [-0.15, -0.1) is 0 Å². The number of rotatable bonds is 4. The summed E-state index contributed by atoms with van der Waals surface area (Å²) in [4.78, 5) is 36.6. The van der Waals surface area contributed by atoms with Gasteiger partial charge in [-0.2, -0.15) is 0 Å². The van der Waals surface area contributed by atoms with Crippen molar-refractivity contribution in [3.05, 3.63) is 58.6 Å². The Morgan fingerprint density at radius 2 is 1.59 bits per heavy atom. The summed E-state index contributed by atoms with van der Waals surface area (Å²) < 4.78 is 5.33. The maximum atomic E-state index is 12.3. The minimum absolute atomic E-state index is 0.100. The zero-order chi connectivity index (χ0) is 19.2. The van der Waals surface area contributed by atoms with Crippen molar-refractivity contribution in [3.8, 4) is 0 Å². The number of hydrogen-bond acceptors (Lipinski definition) is 6. The average Bonchev–Trinajstić information content (AvgIpc) is 2.69. The highest BCUT2D eigenvalue weighted by molar-refractivity contribution is 6.43. The van der Waals surface area contributed by atoms with E-state index < -0.39 is 16.7 Å². The molecular formula is C18H18N4O5. The molecule has 0 aromatic heterocycles. The molecule has 0 bridgehead atoms. The lowest BCUT2D eigenvalue weighted by atomic mass is 10.2. The summed E-state index contributed by atoms with van der Waals surface area (Å²) in [6.45, 7) is 2.59. The van der Waals surface area contributed by atoms with Gasteiger partial charge in [0, 0.05) is 30.9 Å². The molecule has 0 radical (unpaired) electrons. The van der Waals surface area contributed by atoms with Crippen LogP contribution in [0, 0.1) is 10.1 Å². The van der Waals surface area contributed by atoms with Crippen molar-refractivity contribution >= 4 is 34.6 Å². The smallest absolute Gasteiger partial charge is 0.314 e. The lowest BCUT2D eigenvalue weighted by Gasteiger charge is -2.30. The van der Waals surface area contributed by atoms with E-state index in [-0.39, 0.29) is 5.69 Å². The van der Waals surface area contributed by atoms with Crippen LogP contribution in [0.2, 0.25) is 0 Å². The van der Waals surface area contributed by atoms with Gasteiger partial charge in [0.05, 0.1) is 29.5 Å². The Labute approximate surface area is 155 Å². The van der Waals surface area contributed by atoms with Crippen molar-refractivity contribution in [2.75, 3.05) is 41.8 Å². The van der Waals surface area contributed by atoms with Crippen molar-refractivity contribution in [1.29, 1.82) is 0 Å². The molecular weight excluding hydrogens is 352 g/mol. The Morgan fingerprint density at radius 1 is 0.963 bits per heavy atom. The Balaban J connectivity index is 1.66. The predicted molar refractivity (Wildman–Crippen MR) is 99.8 cm³/mol. The number of nitrogens with zero attached hydrogens (tertiary/aromatic N) is 2. The number of amides is 2. The number of anilines is 3. The van der Waals surface area contributed by atoms with E-state index in [4.69, 9.17) is 4.74 Å². The van der Waals surface area contributed by atoms with E-state index in [0.717, 1.165) is 5.69 Å². The third kappa shape index (κ3) is 4.59. The molecule has 2 aromatic carbocycles. The van der Waals surface area contributed by atoms with Crippen LogP contribution < -0.4 is 15.5 Å². The molecule has 1 heterocycles. The molecule has 1 aliphatic rings. The second-order valence-corrected chi connectivity index (χ2v) is 5.83. The topological polar surface area (TPSA) is 114 Å². The monoisotopic (exact) mass is 370 g/mol. The number of carbonyl (C=O) groups excluding carboxylic acids is 2. The van der Waals surface area contributed by atoms with Gasteiger partial charge < -0.3 is 20.3 Å². The summed E-state index contributed by atoms with van der Waals surface area (Å²) >= 11 is 0. The van der Waals surface area contributed by atoms with Gasteiger partial charge in [-0.1, -0.05) is 12.1 Å². The van der Waals surface area contributed by atoms with Crippen LogP contribution in [-0.2, 0) is 14.3 Å².